The minimum Gasteiger partial charge on any atom is -0.285 e. The average Bonchev–Trinajstić information content (AvgIpc) is 2.65. The molecule has 76 valence electrons. The minimum absolute atomic E-state index is 0.238. The Morgan fingerprint density at radius 1 is 1.33 bits per heavy atom. The van der Waals surface area contributed by atoms with Gasteiger partial charge >= 0.3 is 0 Å². The number of hydrogen-bond acceptors (Lipinski definition) is 3. The van der Waals surface area contributed by atoms with E-state index in [1.54, 1.807) is 7.05 Å². The maximum atomic E-state index is 12.6. The summed E-state index contributed by atoms with van der Waals surface area (Å²) < 4.78 is 14.0. The standard InChI is InChI=1S/C10H8FN3O/c1-14-10(12-6-13-14)9(15)7-2-4-8(11)5-3-7/h2-6H,1H3. The van der Waals surface area contributed by atoms with Crippen molar-refractivity contribution in [2.75, 3.05) is 0 Å². The Bertz CT molecular complexity index is 490. The molecule has 4 nitrogen and oxygen atoms in total. The highest BCUT2D eigenvalue weighted by molar-refractivity contribution is 6.06. The van der Waals surface area contributed by atoms with Crippen LogP contribution in [0.15, 0.2) is 30.6 Å². The molecule has 0 amide bonds. The molecule has 0 N–H and O–H groups in total. The van der Waals surface area contributed by atoms with Crippen LogP contribution in [0.3, 0.4) is 0 Å². The molecule has 0 bridgehead atoms. The summed E-state index contributed by atoms with van der Waals surface area (Å²) in [4.78, 5) is 15.6. The van der Waals surface area contributed by atoms with Gasteiger partial charge in [-0.3, -0.25) is 4.79 Å². The Morgan fingerprint density at radius 3 is 2.53 bits per heavy atom. The van der Waals surface area contributed by atoms with Crippen LogP contribution in [0.1, 0.15) is 16.2 Å². The van der Waals surface area contributed by atoms with Crippen molar-refractivity contribution in [3.05, 3.63) is 47.8 Å². The lowest BCUT2D eigenvalue weighted by Gasteiger charge is -1.99. The Morgan fingerprint density at radius 2 is 2.00 bits per heavy atom. The lowest BCUT2D eigenvalue weighted by Crippen LogP contribution is -2.09. The summed E-state index contributed by atoms with van der Waals surface area (Å²) >= 11 is 0. The van der Waals surface area contributed by atoms with Crippen molar-refractivity contribution in [3.8, 4) is 0 Å². The fourth-order valence-corrected chi connectivity index (χ4v) is 1.23. The van der Waals surface area contributed by atoms with E-state index in [0.29, 0.717) is 5.56 Å². The molecule has 0 saturated heterocycles. The van der Waals surface area contributed by atoms with E-state index in [0.717, 1.165) is 0 Å². The maximum Gasteiger partial charge on any atom is 0.229 e. The number of halogens is 1. The molecule has 0 saturated carbocycles. The molecule has 2 rings (SSSR count). The summed E-state index contributed by atoms with van der Waals surface area (Å²) in [6, 6.07) is 5.33. The van der Waals surface area contributed by atoms with Crippen LogP contribution >= 0.6 is 0 Å². The Balaban J connectivity index is 2.37. The van der Waals surface area contributed by atoms with Gasteiger partial charge in [-0.2, -0.15) is 5.10 Å². The number of aromatic nitrogens is 3. The van der Waals surface area contributed by atoms with Crippen LogP contribution in [0.4, 0.5) is 4.39 Å². The zero-order chi connectivity index (χ0) is 10.8. The molecule has 0 aliphatic heterocycles. The van der Waals surface area contributed by atoms with Crippen LogP contribution in [0.2, 0.25) is 0 Å². The average molecular weight is 205 g/mol. The van der Waals surface area contributed by atoms with Crippen molar-refractivity contribution >= 4 is 5.78 Å². The first-order valence-electron chi connectivity index (χ1n) is 4.33. The topological polar surface area (TPSA) is 47.8 Å². The summed E-state index contributed by atoms with van der Waals surface area (Å²) in [5.74, 6) is -0.402. The molecular formula is C10H8FN3O. The Kier molecular flexibility index (Phi) is 2.29. The summed E-state index contributed by atoms with van der Waals surface area (Å²) in [5.41, 5.74) is 0.396. The molecule has 0 fully saturated rings. The van der Waals surface area contributed by atoms with Crippen molar-refractivity contribution < 1.29 is 9.18 Å². The van der Waals surface area contributed by atoms with Gasteiger partial charge in [-0.25, -0.2) is 14.1 Å². The Labute approximate surface area is 85.4 Å². The van der Waals surface area contributed by atoms with Crippen LogP contribution < -0.4 is 0 Å². The molecule has 1 heterocycles. The molecule has 0 unspecified atom stereocenters. The van der Waals surface area contributed by atoms with Crippen LogP contribution in [0, 0.1) is 5.82 Å². The number of nitrogens with zero attached hydrogens (tertiary/aromatic N) is 3. The van der Waals surface area contributed by atoms with Gasteiger partial charge in [0.25, 0.3) is 0 Å². The van der Waals surface area contributed by atoms with Gasteiger partial charge in [0.15, 0.2) is 5.82 Å². The van der Waals surface area contributed by atoms with Gasteiger partial charge in [-0.15, -0.1) is 0 Å². The maximum absolute atomic E-state index is 12.6. The molecule has 0 aliphatic carbocycles. The fourth-order valence-electron chi connectivity index (χ4n) is 1.23. The molecule has 5 heteroatoms. The third-order valence-corrected chi connectivity index (χ3v) is 2.02. The zero-order valence-electron chi connectivity index (χ0n) is 8.01. The highest BCUT2D eigenvalue weighted by Gasteiger charge is 2.13. The van der Waals surface area contributed by atoms with E-state index in [2.05, 4.69) is 10.1 Å². The number of carbonyl (C=O) groups is 1. The number of aryl methyl sites for hydroxylation is 1. The zero-order valence-corrected chi connectivity index (χ0v) is 8.01. The van der Waals surface area contributed by atoms with Gasteiger partial charge in [-0.1, -0.05) is 0 Å². The lowest BCUT2D eigenvalue weighted by atomic mass is 10.1. The number of benzene rings is 1. The second kappa shape index (κ2) is 3.61. The van der Waals surface area contributed by atoms with Gasteiger partial charge in [0, 0.05) is 12.6 Å². The molecule has 1 aromatic heterocycles. The number of rotatable bonds is 2. The van der Waals surface area contributed by atoms with E-state index in [9.17, 15) is 9.18 Å². The predicted octanol–water partition coefficient (Wildman–Crippen LogP) is 1.19. The van der Waals surface area contributed by atoms with Crippen molar-refractivity contribution in [2.45, 2.75) is 0 Å². The van der Waals surface area contributed by atoms with Crippen LogP contribution in [-0.4, -0.2) is 20.5 Å². The molecule has 2 aromatic rings. The molecule has 0 spiro atoms. The van der Waals surface area contributed by atoms with E-state index in [1.165, 1.54) is 35.3 Å². The van der Waals surface area contributed by atoms with E-state index in [1.807, 2.05) is 0 Å². The minimum atomic E-state index is -0.371. The van der Waals surface area contributed by atoms with Gasteiger partial charge < -0.3 is 0 Å². The molecule has 15 heavy (non-hydrogen) atoms. The third-order valence-electron chi connectivity index (χ3n) is 2.02. The van der Waals surface area contributed by atoms with Gasteiger partial charge in [-0.05, 0) is 24.3 Å². The second-order valence-corrected chi connectivity index (χ2v) is 3.04. The molecule has 0 radical (unpaired) electrons. The molecule has 1 aromatic carbocycles. The van der Waals surface area contributed by atoms with Gasteiger partial charge in [0.1, 0.15) is 12.1 Å². The molecular weight excluding hydrogens is 197 g/mol. The Hall–Kier alpha value is -2.04. The summed E-state index contributed by atoms with van der Waals surface area (Å²) in [6.45, 7) is 0. The smallest absolute Gasteiger partial charge is 0.229 e. The predicted molar refractivity (Wildman–Crippen MR) is 50.8 cm³/mol. The van der Waals surface area contributed by atoms with Crippen molar-refractivity contribution in [1.29, 1.82) is 0 Å². The van der Waals surface area contributed by atoms with E-state index in [-0.39, 0.29) is 17.4 Å². The van der Waals surface area contributed by atoms with Gasteiger partial charge in [0.2, 0.25) is 5.78 Å². The lowest BCUT2D eigenvalue weighted by molar-refractivity contribution is 0.102. The van der Waals surface area contributed by atoms with E-state index in [4.69, 9.17) is 0 Å². The largest absolute Gasteiger partial charge is 0.285 e. The first-order chi connectivity index (χ1) is 7.18. The normalized spacial score (nSPS) is 10.3. The van der Waals surface area contributed by atoms with Crippen LogP contribution in [-0.2, 0) is 7.05 Å². The third kappa shape index (κ3) is 1.76. The van der Waals surface area contributed by atoms with Crippen LogP contribution in [0.25, 0.3) is 0 Å². The monoisotopic (exact) mass is 205 g/mol. The first kappa shape index (κ1) is 9.51. The van der Waals surface area contributed by atoms with Crippen molar-refractivity contribution in [1.82, 2.24) is 14.8 Å². The summed E-state index contributed by atoms with van der Waals surface area (Å²) in [5, 5.41) is 3.79. The van der Waals surface area contributed by atoms with E-state index >= 15 is 0 Å². The summed E-state index contributed by atoms with van der Waals surface area (Å²) in [7, 11) is 1.63. The number of ketones is 1. The van der Waals surface area contributed by atoms with Crippen molar-refractivity contribution in [2.24, 2.45) is 7.05 Å². The highest BCUT2D eigenvalue weighted by atomic mass is 19.1. The number of carbonyl (C=O) groups excluding carboxylic acids is 1. The van der Waals surface area contributed by atoms with E-state index < -0.39 is 0 Å². The number of hydrogen-bond donors (Lipinski definition) is 0. The quantitative estimate of drug-likeness (QED) is 0.692. The van der Waals surface area contributed by atoms with Gasteiger partial charge in [0.05, 0.1) is 0 Å². The first-order valence-corrected chi connectivity index (χ1v) is 4.33. The highest BCUT2D eigenvalue weighted by Crippen LogP contribution is 2.07. The summed E-state index contributed by atoms with van der Waals surface area (Å²) in [6.07, 6.45) is 1.30. The molecule has 0 aliphatic rings. The SMILES string of the molecule is Cn1ncnc1C(=O)c1ccc(F)cc1. The molecule has 0 atom stereocenters. The van der Waals surface area contributed by atoms with Crippen LogP contribution in [0.5, 0.6) is 0 Å². The van der Waals surface area contributed by atoms with Crippen molar-refractivity contribution in [3.63, 3.8) is 0 Å². The second-order valence-electron chi connectivity index (χ2n) is 3.04. The fraction of sp³-hybridized carbons (Fsp3) is 0.100.